The van der Waals surface area contributed by atoms with Crippen LogP contribution in [0.5, 0.6) is 0 Å². The number of para-hydroxylation sites is 1. The van der Waals surface area contributed by atoms with Gasteiger partial charge >= 0.3 is 5.97 Å². The topological polar surface area (TPSA) is 92.8 Å². The van der Waals surface area contributed by atoms with Crippen molar-refractivity contribution < 1.29 is 22.7 Å². The summed E-state index contributed by atoms with van der Waals surface area (Å²) >= 11 is 0. The molecule has 0 spiro atoms. The fourth-order valence-electron chi connectivity index (χ4n) is 2.94. The summed E-state index contributed by atoms with van der Waals surface area (Å²) in [6, 6.07) is 13.9. The van der Waals surface area contributed by atoms with Gasteiger partial charge in [-0.25, -0.2) is 13.2 Å². The molecule has 0 saturated heterocycles. The molecule has 0 heterocycles. The molecule has 0 aromatic heterocycles. The molecule has 0 saturated carbocycles. The number of benzene rings is 2. The lowest BCUT2D eigenvalue weighted by atomic mass is 10.1. The molecule has 2 aromatic carbocycles. The fraction of sp³-hybridized carbons (Fsp3) is 0.364. The van der Waals surface area contributed by atoms with E-state index in [2.05, 4.69) is 5.32 Å². The van der Waals surface area contributed by atoms with Crippen LogP contribution in [-0.4, -0.2) is 39.2 Å². The Bertz CT molecular complexity index is 943. The minimum absolute atomic E-state index is 0.287. The Balaban J connectivity index is 2.15. The highest BCUT2D eigenvalue weighted by molar-refractivity contribution is 7.92. The summed E-state index contributed by atoms with van der Waals surface area (Å²) in [7, 11) is -3.68. The van der Waals surface area contributed by atoms with Crippen molar-refractivity contribution in [3.05, 3.63) is 60.2 Å². The quantitative estimate of drug-likeness (QED) is 0.455. The number of sulfonamides is 1. The van der Waals surface area contributed by atoms with Crippen molar-refractivity contribution in [2.75, 3.05) is 22.5 Å². The molecule has 0 bridgehead atoms. The summed E-state index contributed by atoms with van der Waals surface area (Å²) in [4.78, 5) is 24.9. The summed E-state index contributed by atoms with van der Waals surface area (Å²) in [5, 5.41) is 2.74. The van der Waals surface area contributed by atoms with Crippen LogP contribution < -0.4 is 9.62 Å². The second kappa shape index (κ2) is 10.8. The molecule has 8 heteroatoms. The SMILES string of the molecule is CCCCOC(=O)c1ccc(NC(=O)C(CC)N(c2ccccc2)S(C)(=O)=O)cc1. The Labute approximate surface area is 178 Å². The number of rotatable bonds is 10. The minimum Gasteiger partial charge on any atom is -0.462 e. The summed E-state index contributed by atoms with van der Waals surface area (Å²) < 4.78 is 31.1. The first-order chi connectivity index (χ1) is 14.3. The molecule has 7 nitrogen and oxygen atoms in total. The van der Waals surface area contributed by atoms with Gasteiger partial charge in [0.2, 0.25) is 15.9 Å². The monoisotopic (exact) mass is 432 g/mol. The van der Waals surface area contributed by atoms with Crippen LogP contribution in [-0.2, 0) is 19.6 Å². The van der Waals surface area contributed by atoms with E-state index in [-0.39, 0.29) is 6.42 Å². The molecular weight excluding hydrogens is 404 g/mol. The number of amides is 1. The predicted molar refractivity (Wildman–Crippen MR) is 118 cm³/mol. The molecular formula is C22H28N2O5S. The summed E-state index contributed by atoms with van der Waals surface area (Å²) in [5.41, 5.74) is 1.27. The molecule has 1 N–H and O–H groups in total. The maximum Gasteiger partial charge on any atom is 0.338 e. The first kappa shape index (κ1) is 23.4. The van der Waals surface area contributed by atoms with Crippen molar-refractivity contribution in [3.8, 4) is 0 Å². The second-order valence-corrected chi connectivity index (χ2v) is 8.73. The molecule has 162 valence electrons. The van der Waals surface area contributed by atoms with Crippen molar-refractivity contribution >= 4 is 33.3 Å². The molecule has 2 rings (SSSR count). The van der Waals surface area contributed by atoms with Crippen LogP contribution in [0.15, 0.2) is 54.6 Å². The van der Waals surface area contributed by atoms with Crippen molar-refractivity contribution in [1.82, 2.24) is 0 Å². The number of hydrogen-bond acceptors (Lipinski definition) is 5. The third-order valence-corrected chi connectivity index (χ3v) is 5.64. The lowest BCUT2D eigenvalue weighted by Gasteiger charge is -2.30. The maximum atomic E-state index is 12.9. The zero-order chi connectivity index (χ0) is 22.1. The normalized spacial score (nSPS) is 12.1. The van der Waals surface area contributed by atoms with Gasteiger partial charge in [-0.15, -0.1) is 0 Å². The Kier molecular flexibility index (Phi) is 8.41. The van der Waals surface area contributed by atoms with Crippen LogP contribution in [0.4, 0.5) is 11.4 Å². The molecule has 30 heavy (non-hydrogen) atoms. The van der Waals surface area contributed by atoms with E-state index < -0.39 is 27.9 Å². The zero-order valence-electron chi connectivity index (χ0n) is 17.5. The largest absolute Gasteiger partial charge is 0.462 e. The maximum absolute atomic E-state index is 12.9. The average molecular weight is 433 g/mol. The van der Waals surface area contributed by atoms with Crippen LogP contribution in [0.2, 0.25) is 0 Å². The number of esters is 1. The first-order valence-electron chi connectivity index (χ1n) is 9.90. The molecule has 0 fully saturated rings. The van der Waals surface area contributed by atoms with Crippen molar-refractivity contribution in [3.63, 3.8) is 0 Å². The van der Waals surface area contributed by atoms with E-state index in [4.69, 9.17) is 4.74 Å². The Morgan fingerprint density at radius 2 is 1.67 bits per heavy atom. The Hall–Kier alpha value is -2.87. The number of nitrogens with zero attached hydrogens (tertiary/aromatic N) is 1. The highest BCUT2D eigenvalue weighted by Crippen LogP contribution is 2.23. The van der Waals surface area contributed by atoms with Gasteiger partial charge < -0.3 is 10.1 Å². The fourth-order valence-corrected chi connectivity index (χ4v) is 4.15. The van der Waals surface area contributed by atoms with E-state index in [0.29, 0.717) is 23.5 Å². The molecule has 1 atom stereocenters. The van der Waals surface area contributed by atoms with Gasteiger partial charge in [0, 0.05) is 5.69 Å². The van der Waals surface area contributed by atoms with Gasteiger partial charge in [0.15, 0.2) is 0 Å². The number of nitrogens with one attached hydrogen (secondary N) is 1. The smallest absolute Gasteiger partial charge is 0.338 e. The van der Waals surface area contributed by atoms with E-state index in [1.54, 1.807) is 61.5 Å². The van der Waals surface area contributed by atoms with E-state index in [1.807, 2.05) is 6.92 Å². The van der Waals surface area contributed by atoms with Crippen LogP contribution >= 0.6 is 0 Å². The van der Waals surface area contributed by atoms with Crippen LogP contribution in [0.25, 0.3) is 0 Å². The van der Waals surface area contributed by atoms with Gasteiger partial charge in [0.05, 0.1) is 24.1 Å². The number of anilines is 2. The number of ether oxygens (including phenoxy) is 1. The van der Waals surface area contributed by atoms with E-state index in [9.17, 15) is 18.0 Å². The first-order valence-corrected chi connectivity index (χ1v) is 11.7. The Morgan fingerprint density at radius 1 is 1.03 bits per heavy atom. The van der Waals surface area contributed by atoms with Gasteiger partial charge in [0.1, 0.15) is 6.04 Å². The number of carbonyl (C=O) groups excluding carboxylic acids is 2. The summed E-state index contributed by atoms with van der Waals surface area (Å²) in [6.07, 6.45) is 3.10. The third-order valence-electron chi connectivity index (χ3n) is 4.46. The van der Waals surface area contributed by atoms with Gasteiger partial charge in [-0.1, -0.05) is 38.5 Å². The molecule has 0 aliphatic carbocycles. The Morgan fingerprint density at radius 3 is 2.20 bits per heavy atom. The van der Waals surface area contributed by atoms with Crippen LogP contribution in [0, 0.1) is 0 Å². The molecule has 2 aromatic rings. The van der Waals surface area contributed by atoms with E-state index in [1.165, 1.54) is 0 Å². The molecule has 1 unspecified atom stereocenters. The average Bonchev–Trinajstić information content (AvgIpc) is 2.72. The summed E-state index contributed by atoms with van der Waals surface area (Å²) in [6.45, 7) is 4.13. The highest BCUT2D eigenvalue weighted by Gasteiger charge is 2.31. The van der Waals surface area contributed by atoms with Crippen molar-refractivity contribution in [2.45, 2.75) is 39.2 Å². The number of unbranched alkanes of at least 4 members (excludes halogenated alkanes) is 1. The van der Waals surface area contributed by atoms with Crippen LogP contribution in [0.3, 0.4) is 0 Å². The van der Waals surface area contributed by atoms with Gasteiger partial charge in [0.25, 0.3) is 0 Å². The van der Waals surface area contributed by atoms with Gasteiger partial charge in [-0.05, 0) is 49.2 Å². The highest BCUT2D eigenvalue weighted by atomic mass is 32.2. The second-order valence-electron chi connectivity index (χ2n) is 6.87. The van der Waals surface area contributed by atoms with Crippen molar-refractivity contribution in [2.24, 2.45) is 0 Å². The predicted octanol–water partition coefficient (Wildman–Crippen LogP) is 3.83. The van der Waals surface area contributed by atoms with E-state index in [0.717, 1.165) is 23.4 Å². The van der Waals surface area contributed by atoms with Crippen molar-refractivity contribution in [1.29, 1.82) is 0 Å². The van der Waals surface area contributed by atoms with Crippen LogP contribution in [0.1, 0.15) is 43.5 Å². The van der Waals surface area contributed by atoms with Gasteiger partial charge in [-0.3, -0.25) is 9.10 Å². The third kappa shape index (κ3) is 6.32. The molecule has 0 radical (unpaired) electrons. The zero-order valence-corrected chi connectivity index (χ0v) is 18.3. The number of hydrogen-bond donors (Lipinski definition) is 1. The molecule has 0 aliphatic rings. The molecule has 0 aliphatic heterocycles. The lowest BCUT2D eigenvalue weighted by Crippen LogP contribution is -2.46. The van der Waals surface area contributed by atoms with Gasteiger partial charge in [-0.2, -0.15) is 0 Å². The minimum atomic E-state index is -3.68. The number of carbonyl (C=O) groups is 2. The summed E-state index contributed by atoms with van der Waals surface area (Å²) in [5.74, 6) is -0.870. The van der Waals surface area contributed by atoms with E-state index >= 15 is 0 Å². The lowest BCUT2D eigenvalue weighted by molar-refractivity contribution is -0.117. The molecule has 1 amide bonds. The standard InChI is InChI=1S/C22H28N2O5S/c1-4-6-16-29-22(26)17-12-14-18(15-13-17)23-21(25)20(5-2)24(30(3,27)28)19-10-8-7-9-11-19/h7-15,20H,4-6,16H2,1-3H3,(H,23,25).